The fourth-order valence-electron chi connectivity index (χ4n) is 2.94. The SMILES string of the molecule is COC(=O)c1cc(C(=O)c2ccc(N(C)c3ccc(Cl)cc3)cc2)ccc1OC. The minimum absolute atomic E-state index is 0.196. The third-order valence-electron chi connectivity index (χ3n) is 4.60. The number of ether oxygens (including phenoxy) is 2. The van der Waals surface area contributed by atoms with Crippen molar-refractivity contribution in [1.29, 1.82) is 0 Å². The van der Waals surface area contributed by atoms with Gasteiger partial charge in [-0.05, 0) is 66.7 Å². The molecule has 0 saturated heterocycles. The first-order chi connectivity index (χ1) is 13.9. The van der Waals surface area contributed by atoms with Crippen molar-refractivity contribution < 1.29 is 19.1 Å². The molecule has 29 heavy (non-hydrogen) atoms. The topological polar surface area (TPSA) is 55.8 Å². The summed E-state index contributed by atoms with van der Waals surface area (Å²) in [7, 11) is 4.68. The molecule has 0 unspecified atom stereocenters. The standard InChI is InChI=1S/C23H20ClNO4/c1-25(19-11-7-17(24)8-12-19)18-9-4-15(5-10-18)22(26)16-6-13-21(28-2)20(14-16)23(27)29-3/h4-14H,1-3H3. The predicted molar refractivity (Wildman–Crippen MR) is 114 cm³/mol. The Morgan fingerprint density at radius 2 is 1.38 bits per heavy atom. The number of nitrogens with zero attached hydrogens (tertiary/aromatic N) is 1. The average Bonchev–Trinajstić information content (AvgIpc) is 2.77. The van der Waals surface area contributed by atoms with Gasteiger partial charge >= 0.3 is 5.97 Å². The zero-order chi connectivity index (χ0) is 21.0. The van der Waals surface area contributed by atoms with Crippen LogP contribution in [0.1, 0.15) is 26.3 Å². The van der Waals surface area contributed by atoms with Gasteiger partial charge in [0.1, 0.15) is 11.3 Å². The lowest BCUT2D eigenvalue weighted by Gasteiger charge is -2.19. The number of benzene rings is 3. The van der Waals surface area contributed by atoms with Crippen molar-refractivity contribution in [3.8, 4) is 5.75 Å². The Labute approximate surface area is 174 Å². The van der Waals surface area contributed by atoms with Gasteiger partial charge in [-0.3, -0.25) is 4.79 Å². The highest BCUT2D eigenvalue weighted by Gasteiger charge is 2.17. The van der Waals surface area contributed by atoms with E-state index in [1.165, 1.54) is 20.3 Å². The number of carbonyl (C=O) groups excluding carboxylic acids is 2. The lowest BCUT2D eigenvalue weighted by atomic mass is 10.0. The maximum atomic E-state index is 12.9. The number of halogens is 1. The molecule has 0 atom stereocenters. The number of ketones is 1. The van der Waals surface area contributed by atoms with E-state index in [9.17, 15) is 9.59 Å². The lowest BCUT2D eigenvalue weighted by molar-refractivity contribution is 0.0597. The molecule has 5 nitrogen and oxygen atoms in total. The van der Waals surface area contributed by atoms with Gasteiger partial charge in [-0.15, -0.1) is 0 Å². The van der Waals surface area contributed by atoms with E-state index < -0.39 is 5.97 Å². The monoisotopic (exact) mass is 409 g/mol. The van der Waals surface area contributed by atoms with Crippen molar-refractivity contribution in [2.24, 2.45) is 0 Å². The largest absolute Gasteiger partial charge is 0.496 e. The molecule has 0 heterocycles. The fourth-order valence-corrected chi connectivity index (χ4v) is 3.06. The van der Waals surface area contributed by atoms with E-state index in [0.717, 1.165) is 11.4 Å². The van der Waals surface area contributed by atoms with E-state index >= 15 is 0 Å². The molecular weight excluding hydrogens is 390 g/mol. The summed E-state index contributed by atoms with van der Waals surface area (Å²) in [5.41, 5.74) is 3.00. The maximum Gasteiger partial charge on any atom is 0.341 e. The minimum Gasteiger partial charge on any atom is -0.496 e. The van der Waals surface area contributed by atoms with Crippen molar-refractivity contribution >= 4 is 34.7 Å². The molecule has 0 radical (unpaired) electrons. The van der Waals surface area contributed by atoms with Crippen LogP contribution in [0.25, 0.3) is 0 Å². The second-order valence-electron chi connectivity index (χ2n) is 6.32. The number of hydrogen-bond acceptors (Lipinski definition) is 5. The van der Waals surface area contributed by atoms with Crippen molar-refractivity contribution in [2.45, 2.75) is 0 Å². The molecule has 0 aromatic heterocycles. The van der Waals surface area contributed by atoms with E-state index in [1.54, 1.807) is 24.3 Å². The quantitative estimate of drug-likeness (QED) is 0.417. The first kappa shape index (κ1) is 20.4. The summed E-state index contributed by atoms with van der Waals surface area (Å²) in [5, 5.41) is 0.675. The predicted octanol–water partition coefficient (Wildman–Crippen LogP) is 5.13. The Kier molecular flexibility index (Phi) is 6.20. The molecule has 148 valence electrons. The first-order valence-corrected chi connectivity index (χ1v) is 9.23. The molecule has 0 aliphatic heterocycles. The van der Waals surface area contributed by atoms with Crippen LogP contribution in [0.3, 0.4) is 0 Å². The highest BCUT2D eigenvalue weighted by Crippen LogP contribution is 2.26. The van der Waals surface area contributed by atoms with Crippen molar-refractivity contribution in [1.82, 2.24) is 0 Å². The van der Waals surface area contributed by atoms with Gasteiger partial charge in [0, 0.05) is 34.6 Å². The number of esters is 1. The zero-order valence-electron chi connectivity index (χ0n) is 16.3. The molecule has 0 aliphatic carbocycles. The molecule has 3 aromatic carbocycles. The van der Waals surface area contributed by atoms with Crippen LogP contribution in [-0.4, -0.2) is 33.0 Å². The van der Waals surface area contributed by atoms with Crippen LogP contribution in [-0.2, 0) is 4.74 Å². The zero-order valence-corrected chi connectivity index (χ0v) is 17.1. The number of anilines is 2. The second-order valence-corrected chi connectivity index (χ2v) is 6.75. The van der Waals surface area contributed by atoms with E-state index in [-0.39, 0.29) is 11.3 Å². The van der Waals surface area contributed by atoms with Crippen molar-refractivity contribution in [3.63, 3.8) is 0 Å². The van der Waals surface area contributed by atoms with Gasteiger partial charge in [0.2, 0.25) is 0 Å². The highest BCUT2D eigenvalue weighted by molar-refractivity contribution is 6.30. The molecule has 0 fully saturated rings. The Morgan fingerprint density at radius 1 is 0.828 bits per heavy atom. The number of carbonyl (C=O) groups is 2. The van der Waals surface area contributed by atoms with Crippen molar-refractivity contribution in [3.05, 3.63) is 88.4 Å². The van der Waals surface area contributed by atoms with E-state index in [1.807, 2.05) is 48.3 Å². The van der Waals surface area contributed by atoms with Crippen LogP contribution < -0.4 is 9.64 Å². The van der Waals surface area contributed by atoms with E-state index in [0.29, 0.717) is 21.9 Å². The van der Waals surface area contributed by atoms with Gasteiger partial charge in [0.15, 0.2) is 5.78 Å². The summed E-state index contributed by atoms with van der Waals surface area (Å²) in [4.78, 5) is 26.8. The number of methoxy groups -OCH3 is 2. The first-order valence-electron chi connectivity index (χ1n) is 8.85. The van der Waals surface area contributed by atoms with Crippen LogP contribution in [0, 0.1) is 0 Å². The summed E-state index contributed by atoms with van der Waals surface area (Å²) in [6.45, 7) is 0. The van der Waals surface area contributed by atoms with Gasteiger partial charge in [0.05, 0.1) is 14.2 Å². The van der Waals surface area contributed by atoms with Crippen LogP contribution in [0.4, 0.5) is 11.4 Å². The van der Waals surface area contributed by atoms with Gasteiger partial charge < -0.3 is 14.4 Å². The third kappa shape index (κ3) is 4.41. The summed E-state index contributed by atoms with van der Waals surface area (Å²) < 4.78 is 9.94. The molecule has 0 saturated carbocycles. The van der Waals surface area contributed by atoms with Crippen LogP contribution >= 0.6 is 11.6 Å². The maximum absolute atomic E-state index is 12.9. The Hall–Kier alpha value is -3.31. The molecule has 0 N–H and O–H groups in total. The van der Waals surface area contributed by atoms with Crippen LogP contribution in [0.2, 0.25) is 5.02 Å². The normalized spacial score (nSPS) is 10.3. The summed E-state index contributed by atoms with van der Waals surface area (Å²) in [6.07, 6.45) is 0. The molecule has 0 bridgehead atoms. The Balaban J connectivity index is 1.85. The van der Waals surface area contributed by atoms with E-state index in [2.05, 4.69) is 0 Å². The van der Waals surface area contributed by atoms with Gasteiger partial charge in [-0.25, -0.2) is 4.79 Å². The summed E-state index contributed by atoms with van der Waals surface area (Å²) in [5.74, 6) is -0.400. The number of hydrogen-bond donors (Lipinski definition) is 0. The van der Waals surface area contributed by atoms with E-state index in [4.69, 9.17) is 21.1 Å². The molecule has 0 aliphatic rings. The van der Waals surface area contributed by atoms with Gasteiger partial charge in [-0.2, -0.15) is 0 Å². The molecule has 6 heteroatoms. The van der Waals surface area contributed by atoms with Crippen LogP contribution in [0.15, 0.2) is 66.7 Å². The Morgan fingerprint density at radius 3 is 1.93 bits per heavy atom. The number of rotatable bonds is 6. The second kappa shape index (κ2) is 8.80. The summed E-state index contributed by atoms with van der Waals surface area (Å²) in [6, 6.07) is 19.4. The third-order valence-corrected chi connectivity index (χ3v) is 4.85. The summed E-state index contributed by atoms with van der Waals surface area (Å²) >= 11 is 5.94. The molecular formula is C23H20ClNO4. The van der Waals surface area contributed by atoms with Crippen LogP contribution in [0.5, 0.6) is 5.75 Å². The average molecular weight is 410 g/mol. The molecule has 3 rings (SSSR count). The Bertz CT molecular complexity index is 1030. The molecule has 0 amide bonds. The molecule has 0 spiro atoms. The minimum atomic E-state index is -0.559. The van der Waals surface area contributed by atoms with Gasteiger partial charge in [0.25, 0.3) is 0 Å². The van der Waals surface area contributed by atoms with Crippen molar-refractivity contribution in [2.75, 3.05) is 26.2 Å². The lowest BCUT2D eigenvalue weighted by Crippen LogP contribution is -2.10. The molecule has 3 aromatic rings. The smallest absolute Gasteiger partial charge is 0.341 e. The highest BCUT2D eigenvalue weighted by atomic mass is 35.5. The fraction of sp³-hybridized carbons (Fsp3) is 0.130. The van der Waals surface area contributed by atoms with Gasteiger partial charge in [-0.1, -0.05) is 11.6 Å².